The number of hydrogen-bond acceptors (Lipinski definition) is 3. The van der Waals surface area contributed by atoms with E-state index in [4.69, 9.17) is 5.73 Å². The van der Waals surface area contributed by atoms with Crippen molar-refractivity contribution in [2.24, 2.45) is 0 Å². The quantitative estimate of drug-likeness (QED) is 0.724. The van der Waals surface area contributed by atoms with Gasteiger partial charge in [-0.05, 0) is 18.2 Å². The Morgan fingerprint density at radius 2 is 1.80 bits per heavy atom. The lowest BCUT2D eigenvalue weighted by atomic mass is 10.1. The van der Waals surface area contributed by atoms with Gasteiger partial charge in [0.1, 0.15) is 6.04 Å². The number of nitrogens with two attached hydrogens (primary N) is 1. The Hall–Kier alpha value is -2.82. The molecule has 3 rings (SSSR count). The van der Waals surface area contributed by atoms with Crippen LogP contribution in [0.1, 0.15) is 22.0 Å². The number of rotatable bonds is 2. The molecular weight excluding hydrogens is 254 g/mol. The highest BCUT2D eigenvalue weighted by molar-refractivity contribution is 6.07. The summed E-state index contributed by atoms with van der Waals surface area (Å²) in [4.78, 5) is 24.1. The van der Waals surface area contributed by atoms with Crippen LogP contribution in [0.4, 0.5) is 11.4 Å². The Kier molecular flexibility index (Phi) is 2.87. The first-order chi connectivity index (χ1) is 9.66. The second-order valence-corrected chi connectivity index (χ2v) is 4.57. The first kappa shape index (κ1) is 12.2. The van der Waals surface area contributed by atoms with Gasteiger partial charge >= 0.3 is 0 Å². The molecule has 0 spiro atoms. The van der Waals surface area contributed by atoms with Crippen LogP contribution in [-0.4, -0.2) is 11.8 Å². The molecule has 0 saturated carbocycles. The summed E-state index contributed by atoms with van der Waals surface area (Å²) in [6.07, 6.45) is 0. The van der Waals surface area contributed by atoms with Crippen molar-refractivity contribution in [3.8, 4) is 0 Å². The van der Waals surface area contributed by atoms with Gasteiger partial charge in [-0.3, -0.25) is 9.59 Å². The van der Waals surface area contributed by atoms with Crippen LogP contribution in [0.2, 0.25) is 0 Å². The Morgan fingerprint density at radius 1 is 1.10 bits per heavy atom. The molecule has 0 radical (unpaired) electrons. The molecular formula is C15H13N3O2. The van der Waals surface area contributed by atoms with Gasteiger partial charge in [0.2, 0.25) is 0 Å². The van der Waals surface area contributed by atoms with E-state index in [1.807, 2.05) is 18.2 Å². The number of carbonyl (C=O) groups excluding carboxylic acids is 2. The normalized spacial score (nSPS) is 16.4. The summed E-state index contributed by atoms with van der Waals surface area (Å²) in [6.45, 7) is 0. The van der Waals surface area contributed by atoms with Gasteiger partial charge < -0.3 is 16.4 Å². The highest BCUT2D eigenvalue weighted by Crippen LogP contribution is 2.30. The molecule has 100 valence electrons. The van der Waals surface area contributed by atoms with Gasteiger partial charge in [0.25, 0.3) is 11.8 Å². The zero-order valence-corrected chi connectivity index (χ0v) is 10.6. The van der Waals surface area contributed by atoms with E-state index in [0.29, 0.717) is 11.3 Å². The maximum absolute atomic E-state index is 12.2. The van der Waals surface area contributed by atoms with Crippen LogP contribution in [-0.2, 0) is 4.79 Å². The molecule has 5 nitrogen and oxygen atoms in total. The third-order valence-corrected chi connectivity index (χ3v) is 3.27. The van der Waals surface area contributed by atoms with E-state index in [2.05, 4.69) is 10.6 Å². The van der Waals surface area contributed by atoms with Crippen LogP contribution in [0, 0.1) is 0 Å². The minimum atomic E-state index is -0.682. The average Bonchev–Trinajstić information content (AvgIpc) is 2.76. The maximum Gasteiger partial charge on any atom is 0.254 e. The predicted octanol–water partition coefficient (Wildman–Crippen LogP) is 1.69. The fourth-order valence-corrected chi connectivity index (χ4v) is 2.26. The van der Waals surface area contributed by atoms with Crippen molar-refractivity contribution in [3.05, 3.63) is 59.7 Å². The summed E-state index contributed by atoms with van der Waals surface area (Å²) < 4.78 is 0. The third kappa shape index (κ3) is 1.99. The molecule has 4 N–H and O–H groups in total. The molecule has 0 fully saturated rings. The molecule has 2 aromatic carbocycles. The molecule has 0 saturated heterocycles. The number of amides is 2. The fraction of sp³-hybridized carbons (Fsp3) is 0.0667. The first-order valence-corrected chi connectivity index (χ1v) is 6.22. The Labute approximate surface area is 115 Å². The predicted molar refractivity (Wildman–Crippen MR) is 76.1 cm³/mol. The molecule has 2 amide bonds. The van der Waals surface area contributed by atoms with E-state index in [1.165, 1.54) is 0 Å². The minimum Gasteiger partial charge on any atom is -0.398 e. The van der Waals surface area contributed by atoms with Gasteiger partial charge in [-0.2, -0.15) is 0 Å². The summed E-state index contributed by atoms with van der Waals surface area (Å²) in [5.41, 5.74) is 8.00. The van der Waals surface area contributed by atoms with E-state index in [0.717, 1.165) is 11.3 Å². The second-order valence-electron chi connectivity index (χ2n) is 4.57. The van der Waals surface area contributed by atoms with Gasteiger partial charge in [-0.15, -0.1) is 0 Å². The van der Waals surface area contributed by atoms with E-state index >= 15 is 0 Å². The van der Waals surface area contributed by atoms with Crippen LogP contribution in [0.3, 0.4) is 0 Å². The van der Waals surface area contributed by atoms with Crippen molar-refractivity contribution in [1.82, 2.24) is 5.32 Å². The topological polar surface area (TPSA) is 84.2 Å². The van der Waals surface area contributed by atoms with Crippen molar-refractivity contribution < 1.29 is 9.59 Å². The van der Waals surface area contributed by atoms with Crippen LogP contribution < -0.4 is 16.4 Å². The van der Waals surface area contributed by atoms with Gasteiger partial charge in [-0.25, -0.2) is 0 Å². The first-order valence-electron chi connectivity index (χ1n) is 6.22. The molecule has 1 atom stereocenters. The third-order valence-electron chi connectivity index (χ3n) is 3.27. The van der Waals surface area contributed by atoms with E-state index in [9.17, 15) is 9.59 Å². The molecule has 0 bridgehead atoms. The van der Waals surface area contributed by atoms with Crippen molar-refractivity contribution in [1.29, 1.82) is 0 Å². The molecule has 0 aromatic heterocycles. The molecule has 1 aliphatic heterocycles. The van der Waals surface area contributed by atoms with E-state index < -0.39 is 6.04 Å². The SMILES string of the molecule is Nc1ccccc1C(=O)NC1C(=O)Nc2ccccc21. The molecule has 1 heterocycles. The summed E-state index contributed by atoms with van der Waals surface area (Å²) in [6, 6.07) is 13.4. The summed E-state index contributed by atoms with van der Waals surface area (Å²) >= 11 is 0. The number of hydrogen-bond donors (Lipinski definition) is 3. The van der Waals surface area contributed by atoms with Crippen molar-refractivity contribution in [3.63, 3.8) is 0 Å². The number of benzene rings is 2. The number of nitrogen functional groups attached to an aromatic ring is 1. The molecule has 1 aliphatic rings. The number of carbonyl (C=O) groups is 2. The Morgan fingerprint density at radius 3 is 2.60 bits per heavy atom. The van der Waals surface area contributed by atoms with E-state index in [-0.39, 0.29) is 11.8 Å². The van der Waals surface area contributed by atoms with Gasteiger partial charge in [0, 0.05) is 16.9 Å². The van der Waals surface area contributed by atoms with Gasteiger partial charge in [0.15, 0.2) is 0 Å². The average molecular weight is 267 g/mol. The highest BCUT2D eigenvalue weighted by Gasteiger charge is 2.31. The summed E-state index contributed by atoms with van der Waals surface area (Å²) in [7, 11) is 0. The van der Waals surface area contributed by atoms with Crippen molar-refractivity contribution >= 4 is 23.2 Å². The number of nitrogens with one attached hydrogen (secondary N) is 2. The van der Waals surface area contributed by atoms with E-state index in [1.54, 1.807) is 30.3 Å². The number of anilines is 2. The smallest absolute Gasteiger partial charge is 0.254 e. The standard InChI is InChI=1S/C15H13N3O2/c16-11-7-3-1-5-9(11)14(19)18-13-10-6-2-4-8-12(10)17-15(13)20/h1-8,13H,16H2,(H,17,20)(H,18,19). The number of fused-ring (bicyclic) bond motifs is 1. The Bertz CT molecular complexity index is 697. The highest BCUT2D eigenvalue weighted by atomic mass is 16.2. The van der Waals surface area contributed by atoms with Crippen LogP contribution in [0.5, 0.6) is 0 Å². The zero-order chi connectivity index (χ0) is 14.1. The van der Waals surface area contributed by atoms with Gasteiger partial charge in [0.05, 0.1) is 5.56 Å². The van der Waals surface area contributed by atoms with Crippen molar-refractivity contribution in [2.45, 2.75) is 6.04 Å². The lowest BCUT2D eigenvalue weighted by molar-refractivity contribution is -0.117. The molecule has 0 aliphatic carbocycles. The molecule has 20 heavy (non-hydrogen) atoms. The zero-order valence-electron chi connectivity index (χ0n) is 10.6. The fourth-order valence-electron chi connectivity index (χ4n) is 2.26. The minimum absolute atomic E-state index is 0.242. The second kappa shape index (κ2) is 4.70. The largest absolute Gasteiger partial charge is 0.398 e. The molecule has 1 unspecified atom stereocenters. The van der Waals surface area contributed by atoms with Crippen molar-refractivity contribution in [2.75, 3.05) is 11.1 Å². The van der Waals surface area contributed by atoms with Crippen LogP contribution in [0.15, 0.2) is 48.5 Å². The van der Waals surface area contributed by atoms with Crippen LogP contribution >= 0.6 is 0 Å². The lowest BCUT2D eigenvalue weighted by Crippen LogP contribution is -2.33. The monoisotopic (exact) mass is 267 g/mol. The van der Waals surface area contributed by atoms with Gasteiger partial charge in [-0.1, -0.05) is 30.3 Å². The number of para-hydroxylation sites is 2. The lowest BCUT2D eigenvalue weighted by Gasteiger charge is -2.12. The summed E-state index contributed by atoms with van der Waals surface area (Å²) in [5, 5.41) is 5.44. The Balaban J connectivity index is 1.87. The molecule has 2 aromatic rings. The summed E-state index contributed by atoms with van der Waals surface area (Å²) in [5.74, 6) is -0.603. The molecule has 5 heteroatoms. The maximum atomic E-state index is 12.2. The van der Waals surface area contributed by atoms with Crippen LogP contribution in [0.25, 0.3) is 0 Å².